The van der Waals surface area contributed by atoms with E-state index >= 15 is 0 Å². The van der Waals surface area contributed by atoms with Crippen molar-refractivity contribution in [3.63, 3.8) is 0 Å². The Bertz CT molecular complexity index is 324. The number of aliphatic imine (C=N–C) groups is 1. The number of nitrogens with one attached hydrogen (secondary N) is 2. The van der Waals surface area contributed by atoms with Gasteiger partial charge in [-0.3, -0.25) is 4.99 Å². The van der Waals surface area contributed by atoms with Crippen LogP contribution in [0.1, 0.15) is 45.4 Å². The van der Waals surface area contributed by atoms with Crippen molar-refractivity contribution >= 4 is 41.7 Å². The van der Waals surface area contributed by atoms with Gasteiger partial charge in [-0.15, -0.1) is 24.0 Å². The zero-order chi connectivity index (χ0) is 13.8. The molecule has 3 rings (SSSR count). The highest BCUT2D eigenvalue weighted by Gasteiger charge is 2.41. The third-order valence-corrected chi connectivity index (χ3v) is 6.18. The first-order valence-corrected chi connectivity index (χ1v) is 9.55. The molecule has 1 atom stereocenters. The predicted octanol–water partition coefficient (Wildman–Crippen LogP) is 3.49. The largest absolute Gasteiger partial charge is 0.357 e. The summed E-state index contributed by atoms with van der Waals surface area (Å²) in [5, 5.41) is 7.76. The van der Waals surface area contributed by atoms with Crippen molar-refractivity contribution in [1.82, 2.24) is 10.6 Å². The lowest BCUT2D eigenvalue weighted by atomic mass is 9.98. The molecule has 3 fully saturated rings. The Kier molecular flexibility index (Phi) is 7.46. The molecule has 21 heavy (non-hydrogen) atoms. The molecule has 3 nitrogen and oxygen atoms in total. The summed E-state index contributed by atoms with van der Waals surface area (Å²) in [5.41, 5.74) is 0. The molecule has 0 aromatic rings. The first-order valence-electron chi connectivity index (χ1n) is 8.50. The minimum absolute atomic E-state index is 0. The zero-order valence-corrected chi connectivity index (χ0v) is 16.3. The van der Waals surface area contributed by atoms with Crippen LogP contribution in [0.2, 0.25) is 0 Å². The summed E-state index contributed by atoms with van der Waals surface area (Å²) in [6.07, 6.45) is 8.58. The van der Waals surface area contributed by atoms with Crippen LogP contribution < -0.4 is 10.6 Å². The average molecular weight is 423 g/mol. The van der Waals surface area contributed by atoms with Crippen LogP contribution in [-0.2, 0) is 0 Å². The van der Waals surface area contributed by atoms with Crippen LogP contribution in [0.4, 0.5) is 0 Å². The Morgan fingerprint density at radius 2 is 1.86 bits per heavy atom. The molecule has 0 spiro atoms. The van der Waals surface area contributed by atoms with Gasteiger partial charge in [0.1, 0.15) is 0 Å². The molecule has 122 valence electrons. The van der Waals surface area contributed by atoms with Gasteiger partial charge in [-0.2, -0.15) is 11.8 Å². The monoisotopic (exact) mass is 423 g/mol. The van der Waals surface area contributed by atoms with Crippen molar-refractivity contribution in [2.45, 2.75) is 50.7 Å². The van der Waals surface area contributed by atoms with E-state index in [1.807, 2.05) is 0 Å². The summed E-state index contributed by atoms with van der Waals surface area (Å²) >= 11 is 2.11. The van der Waals surface area contributed by atoms with Crippen LogP contribution in [0.3, 0.4) is 0 Å². The van der Waals surface area contributed by atoms with Gasteiger partial charge in [-0.1, -0.05) is 0 Å². The molecule has 1 unspecified atom stereocenters. The fourth-order valence-corrected chi connectivity index (χ4v) is 4.49. The van der Waals surface area contributed by atoms with E-state index in [-0.39, 0.29) is 24.0 Å². The second-order valence-electron chi connectivity index (χ2n) is 6.57. The summed E-state index contributed by atoms with van der Waals surface area (Å²) in [6.45, 7) is 5.23. The average Bonchev–Trinajstić information content (AvgIpc) is 3.38. The van der Waals surface area contributed by atoms with E-state index in [1.165, 1.54) is 44.3 Å². The number of nitrogens with zero attached hydrogens (tertiary/aromatic N) is 1. The lowest BCUT2D eigenvalue weighted by Gasteiger charge is -2.17. The number of rotatable bonds is 7. The smallest absolute Gasteiger partial charge is 0.191 e. The van der Waals surface area contributed by atoms with E-state index < -0.39 is 0 Å². The molecule has 2 saturated carbocycles. The van der Waals surface area contributed by atoms with E-state index in [1.54, 1.807) is 0 Å². The summed E-state index contributed by atoms with van der Waals surface area (Å²) in [4.78, 5) is 4.88. The second-order valence-corrected chi connectivity index (χ2v) is 7.98. The van der Waals surface area contributed by atoms with Gasteiger partial charge >= 0.3 is 0 Å². The molecule has 0 radical (unpaired) electrons. The predicted molar refractivity (Wildman–Crippen MR) is 104 cm³/mol. The normalized spacial score (nSPS) is 25.8. The highest BCUT2D eigenvalue weighted by atomic mass is 127. The topological polar surface area (TPSA) is 36.4 Å². The van der Waals surface area contributed by atoms with Gasteiger partial charge < -0.3 is 10.6 Å². The van der Waals surface area contributed by atoms with Crippen molar-refractivity contribution in [2.24, 2.45) is 22.7 Å². The first-order chi connectivity index (χ1) is 9.86. The molecular weight excluding hydrogens is 393 g/mol. The summed E-state index contributed by atoms with van der Waals surface area (Å²) in [7, 11) is 0. The molecule has 2 aliphatic carbocycles. The Labute approximate surface area is 150 Å². The van der Waals surface area contributed by atoms with Gasteiger partial charge in [0.2, 0.25) is 0 Å². The maximum atomic E-state index is 4.88. The van der Waals surface area contributed by atoms with Crippen LogP contribution in [0, 0.1) is 17.8 Å². The molecular formula is C16H30IN3S. The highest BCUT2D eigenvalue weighted by Crippen LogP contribution is 2.49. The van der Waals surface area contributed by atoms with Crippen LogP contribution in [0.5, 0.6) is 0 Å². The summed E-state index contributed by atoms with van der Waals surface area (Å²) in [5.74, 6) is 5.27. The number of hydrogen-bond donors (Lipinski definition) is 2. The molecule has 0 bridgehead atoms. The Hall–Kier alpha value is 0.350. The Morgan fingerprint density at radius 1 is 1.14 bits per heavy atom. The van der Waals surface area contributed by atoms with E-state index in [0.29, 0.717) is 0 Å². The molecule has 0 amide bonds. The molecule has 1 saturated heterocycles. The lowest BCUT2D eigenvalue weighted by Crippen LogP contribution is -2.40. The molecule has 5 heteroatoms. The lowest BCUT2D eigenvalue weighted by molar-refractivity contribution is 0.417. The molecule has 3 aliphatic rings. The van der Waals surface area contributed by atoms with E-state index in [2.05, 4.69) is 29.3 Å². The van der Waals surface area contributed by atoms with Gasteiger partial charge in [0.25, 0.3) is 0 Å². The van der Waals surface area contributed by atoms with Crippen molar-refractivity contribution in [3.8, 4) is 0 Å². The van der Waals surface area contributed by atoms with Crippen molar-refractivity contribution in [1.29, 1.82) is 0 Å². The fourth-order valence-electron chi connectivity index (χ4n) is 3.29. The third-order valence-electron chi connectivity index (χ3n) is 4.78. The van der Waals surface area contributed by atoms with E-state index in [9.17, 15) is 0 Å². The SMILES string of the molecule is CCNC(=NCC(C1CC1)C1CC1)NCC1CCCS1.I. The van der Waals surface area contributed by atoms with Gasteiger partial charge in [-0.05, 0) is 69.0 Å². The molecule has 1 heterocycles. The van der Waals surface area contributed by atoms with E-state index in [0.717, 1.165) is 48.6 Å². The minimum atomic E-state index is 0. The van der Waals surface area contributed by atoms with Crippen LogP contribution in [0.15, 0.2) is 4.99 Å². The van der Waals surface area contributed by atoms with Crippen LogP contribution >= 0.6 is 35.7 Å². The molecule has 0 aromatic carbocycles. The van der Waals surface area contributed by atoms with Crippen molar-refractivity contribution in [3.05, 3.63) is 0 Å². The summed E-state index contributed by atoms with van der Waals surface area (Å²) < 4.78 is 0. The van der Waals surface area contributed by atoms with Crippen LogP contribution in [-0.4, -0.2) is 36.6 Å². The maximum Gasteiger partial charge on any atom is 0.191 e. The van der Waals surface area contributed by atoms with Crippen molar-refractivity contribution in [2.75, 3.05) is 25.4 Å². The Morgan fingerprint density at radius 3 is 2.38 bits per heavy atom. The quantitative estimate of drug-likeness (QED) is 0.374. The maximum absolute atomic E-state index is 4.88. The third kappa shape index (κ3) is 5.81. The van der Waals surface area contributed by atoms with Crippen LogP contribution in [0.25, 0.3) is 0 Å². The number of thioether (sulfide) groups is 1. The summed E-state index contributed by atoms with van der Waals surface area (Å²) in [6, 6.07) is 0. The highest BCUT2D eigenvalue weighted by molar-refractivity contribution is 14.0. The van der Waals surface area contributed by atoms with Gasteiger partial charge in [0.05, 0.1) is 0 Å². The van der Waals surface area contributed by atoms with Crippen molar-refractivity contribution < 1.29 is 0 Å². The fraction of sp³-hybridized carbons (Fsp3) is 0.938. The standard InChI is InChI=1S/C16H29N3S.HI/c1-2-17-16(18-10-14-4-3-9-20-14)19-11-15(12-5-6-12)13-7-8-13;/h12-15H,2-11H2,1H3,(H2,17,18,19);1H. The number of hydrogen-bond acceptors (Lipinski definition) is 2. The Balaban J connectivity index is 0.00000161. The number of guanidine groups is 1. The molecule has 2 N–H and O–H groups in total. The minimum Gasteiger partial charge on any atom is -0.357 e. The zero-order valence-electron chi connectivity index (χ0n) is 13.1. The van der Waals surface area contributed by atoms with Gasteiger partial charge in [-0.25, -0.2) is 0 Å². The molecule has 0 aromatic heterocycles. The number of halogens is 1. The van der Waals surface area contributed by atoms with E-state index in [4.69, 9.17) is 4.99 Å². The second kappa shape index (κ2) is 8.85. The molecule has 1 aliphatic heterocycles. The first kappa shape index (κ1) is 17.7. The van der Waals surface area contributed by atoms with Gasteiger partial charge in [0.15, 0.2) is 5.96 Å². The van der Waals surface area contributed by atoms with Gasteiger partial charge in [0, 0.05) is 24.9 Å².